The van der Waals surface area contributed by atoms with E-state index in [9.17, 15) is 25.3 Å². The van der Waals surface area contributed by atoms with E-state index in [4.69, 9.17) is 0 Å². The number of phenols is 1. The monoisotopic (exact) mass is 910 g/mol. The molecule has 0 radical (unpaired) electrons. The molecule has 9 nitrogen and oxygen atoms in total. The second kappa shape index (κ2) is 17.9. The molecule has 2 heterocycles. The lowest BCUT2D eigenvalue weighted by Crippen LogP contribution is -1.91. The van der Waals surface area contributed by atoms with Crippen molar-refractivity contribution in [2.75, 3.05) is 0 Å². The number of aromatic hydroxyl groups is 1. The molecule has 0 saturated carbocycles. The summed E-state index contributed by atoms with van der Waals surface area (Å²) in [6.07, 6.45) is 0. The summed E-state index contributed by atoms with van der Waals surface area (Å²) >= 11 is 0. The molecule has 0 unspecified atom stereocenters. The van der Waals surface area contributed by atoms with Gasteiger partial charge in [-0.25, -0.2) is 0 Å². The molecule has 0 fully saturated rings. The van der Waals surface area contributed by atoms with Gasteiger partial charge in [-0.1, -0.05) is 200 Å². The highest BCUT2D eigenvalue weighted by Crippen LogP contribution is 2.41. The Bertz CT molecular complexity index is 3950. The Hall–Kier alpha value is -9.60. The summed E-state index contributed by atoms with van der Waals surface area (Å²) in [5, 5.41) is 46.2. The molecule has 336 valence electrons. The Labute approximate surface area is 400 Å². The third-order valence-electron chi connectivity index (χ3n) is 13.1. The number of fused-ring (bicyclic) bond motifs is 14. The molecule has 3 N–H and O–H groups in total. The molecule has 0 atom stereocenters. The van der Waals surface area contributed by atoms with Crippen molar-refractivity contribution in [2.45, 2.75) is 6.92 Å². The van der Waals surface area contributed by atoms with Crippen molar-refractivity contribution in [1.29, 1.82) is 0 Å². The highest BCUT2D eigenvalue weighted by molar-refractivity contribution is 6.23. The number of non-ortho nitro benzene ring substituents is 2. The number of nitrogens with zero attached hydrogens (tertiary/aromatic N) is 2. The van der Waals surface area contributed by atoms with Crippen LogP contribution in [0.1, 0.15) is 5.56 Å². The van der Waals surface area contributed by atoms with Gasteiger partial charge >= 0.3 is 0 Å². The van der Waals surface area contributed by atoms with Gasteiger partial charge in [-0.2, -0.15) is 0 Å². The van der Waals surface area contributed by atoms with Crippen LogP contribution >= 0.6 is 0 Å². The maximum Gasteiger partial charge on any atom is 0.293 e. The fourth-order valence-electron chi connectivity index (χ4n) is 10.1. The van der Waals surface area contributed by atoms with Crippen molar-refractivity contribution < 1.29 is 15.0 Å². The van der Waals surface area contributed by atoms with Gasteiger partial charge in [0.1, 0.15) is 16.8 Å². The maximum absolute atomic E-state index is 12.2. The first kappa shape index (κ1) is 43.0. The largest absolute Gasteiger partial charge is 0.507 e. The van der Waals surface area contributed by atoms with Crippen LogP contribution in [0.4, 0.5) is 11.4 Å². The number of aromatic amines is 2. The SMILES string of the molecule is Cc1cccc2c3ccccc3c3cccc([N+](=O)[O-])c3[nH]c3c(-c4ccccc4)cccc3c12.O=[N+]([O-])c1cccc2c1[nH]c1c(-c3ccccc3)cccc1c1c(O)cccc1c1ccccc21. The lowest BCUT2D eigenvalue weighted by Gasteiger charge is -2.09. The van der Waals surface area contributed by atoms with E-state index >= 15 is 0 Å². The first-order chi connectivity index (χ1) is 34.3. The van der Waals surface area contributed by atoms with Crippen LogP contribution in [0, 0.1) is 27.2 Å². The van der Waals surface area contributed by atoms with E-state index in [1.165, 1.54) is 6.07 Å². The Kier molecular flexibility index (Phi) is 11.0. The first-order valence-electron chi connectivity index (χ1n) is 22.8. The number of aryl methyl sites for hydroxylation is 1. The van der Waals surface area contributed by atoms with E-state index in [1.807, 2.05) is 133 Å². The van der Waals surface area contributed by atoms with Crippen LogP contribution in [0.2, 0.25) is 0 Å². The average molecular weight is 911 g/mol. The van der Waals surface area contributed by atoms with Crippen molar-refractivity contribution in [1.82, 2.24) is 9.97 Å². The van der Waals surface area contributed by atoms with Crippen molar-refractivity contribution in [3.63, 3.8) is 0 Å². The topological polar surface area (TPSA) is 138 Å². The molecule has 0 saturated heterocycles. The third kappa shape index (κ3) is 7.48. The second-order valence-corrected chi connectivity index (χ2v) is 17.1. The number of benzene rings is 10. The summed E-state index contributed by atoms with van der Waals surface area (Å²) in [6, 6.07) is 70.3. The van der Waals surface area contributed by atoms with Gasteiger partial charge in [-0.05, 0) is 67.4 Å². The fraction of sp³-hybridized carbons (Fsp3) is 0.0164. The molecule has 12 aromatic rings. The molecule has 0 spiro atoms. The molecule has 9 heteroatoms. The Morgan fingerprint density at radius 2 is 0.686 bits per heavy atom. The summed E-state index contributed by atoms with van der Waals surface area (Å²) in [6.45, 7) is 2.12. The smallest absolute Gasteiger partial charge is 0.293 e. The Morgan fingerprint density at radius 3 is 1.16 bits per heavy atom. The molecule has 12 rings (SSSR count). The maximum atomic E-state index is 12.2. The molecule has 0 aliphatic carbocycles. The average Bonchev–Trinajstić information content (AvgIpc) is 3.48. The molecule has 0 bridgehead atoms. The number of aromatic nitrogens is 2. The number of para-hydroxylation sites is 4. The van der Waals surface area contributed by atoms with E-state index in [2.05, 4.69) is 71.5 Å². The highest BCUT2D eigenvalue weighted by atomic mass is 16.6. The van der Waals surface area contributed by atoms with Crippen LogP contribution in [-0.4, -0.2) is 24.9 Å². The van der Waals surface area contributed by atoms with Crippen molar-refractivity contribution in [3.8, 4) is 28.0 Å². The second-order valence-electron chi connectivity index (χ2n) is 17.1. The van der Waals surface area contributed by atoms with Crippen LogP contribution < -0.4 is 0 Å². The number of nitro benzene ring substituents is 2. The van der Waals surface area contributed by atoms with Gasteiger partial charge < -0.3 is 15.1 Å². The number of hydrogen-bond acceptors (Lipinski definition) is 5. The highest BCUT2D eigenvalue weighted by Gasteiger charge is 2.18. The quantitative estimate of drug-likeness (QED) is 0.119. The molecule has 10 aromatic carbocycles. The van der Waals surface area contributed by atoms with Crippen LogP contribution in [0.15, 0.2) is 218 Å². The Morgan fingerprint density at radius 1 is 0.343 bits per heavy atom. The van der Waals surface area contributed by atoms with Crippen LogP contribution in [0.25, 0.3) is 109 Å². The summed E-state index contributed by atoms with van der Waals surface area (Å²) in [7, 11) is 0. The Balaban J connectivity index is 0.000000152. The summed E-state index contributed by atoms with van der Waals surface area (Å²) < 4.78 is 0. The number of H-pyrrole nitrogens is 2. The van der Waals surface area contributed by atoms with Crippen molar-refractivity contribution >= 4 is 98.1 Å². The van der Waals surface area contributed by atoms with E-state index in [-0.39, 0.29) is 27.0 Å². The van der Waals surface area contributed by atoms with Crippen LogP contribution in [0.3, 0.4) is 0 Å². The first-order valence-corrected chi connectivity index (χ1v) is 22.8. The molecule has 0 aliphatic rings. The minimum Gasteiger partial charge on any atom is -0.507 e. The molecule has 0 aliphatic heterocycles. The standard InChI is InChI=1S/C31H22N2O2.C30H20N2O3/c1-20-10-7-16-25-23-13-5-6-14-24(23)26-17-9-19-28(33(34)35)31(26)32-30-22(21-11-3-2-4-12-21)15-8-18-27(30)29(20)25;33-27-18-8-14-23-21-11-4-5-12-22(21)24-15-7-17-26(32(34)35)30(24)31-29-20(19-9-2-1-3-10-19)13-6-16-25(29)28(23)27/h2-19,32H,1H3;1-18,31,33H. The predicted molar refractivity (Wildman–Crippen MR) is 287 cm³/mol. The zero-order valence-electron chi connectivity index (χ0n) is 37.8. The van der Waals surface area contributed by atoms with E-state index in [0.29, 0.717) is 21.9 Å². The normalized spacial score (nSPS) is 11.2. The van der Waals surface area contributed by atoms with E-state index < -0.39 is 0 Å². The number of nitro groups is 2. The number of hydrogen-bond donors (Lipinski definition) is 3. The van der Waals surface area contributed by atoms with Crippen LogP contribution in [-0.2, 0) is 0 Å². The molecule has 2 aromatic heterocycles. The summed E-state index contributed by atoms with van der Waals surface area (Å²) in [5.41, 5.74) is 7.54. The van der Waals surface area contributed by atoms with Gasteiger partial charge in [0.25, 0.3) is 11.4 Å². The lowest BCUT2D eigenvalue weighted by atomic mass is 9.96. The minimum atomic E-state index is -0.359. The number of nitrogens with one attached hydrogen (secondary N) is 2. The van der Waals surface area contributed by atoms with Gasteiger partial charge in [0.15, 0.2) is 0 Å². The molecular formula is C61H42N4O5. The predicted octanol–water partition coefficient (Wildman–Crippen LogP) is 16.7. The van der Waals surface area contributed by atoms with Gasteiger partial charge in [-0.3, -0.25) is 20.2 Å². The minimum absolute atomic E-state index is 0.0127. The molecular weight excluding hydrogens is 869 g/mol. The summed E-state index contributed by atoms with van der Waals surface area (Å²) in [4.78, 5) is 30.7. The number of phenolic OH excluding ortho intramolecular Hbond substituents is 1. The number of rotatable bonds is 4. The zero-order chi connectivity index (χ0) is 47.9. The van der Waals surface area contributed by atoms with Gasteiger partial charge in [0, 0.05) is 50.2 Å². The van der Waals surface area contributed by atoms with Gasteiger partial charge in [-0.15, -0.1) is 0 Å². The lowest BCUT2D eigenvalue weighted by molar-refractivity contribution is -0.383. The van der Waals surface area contributed by atoms with E-state index in [0.717, 1.165) is 92.6 Å². The van der Waals surface area contributed by atoms with Crippen LogP contribution in [0.5, 0.6) is 5.75 Å². The summed E-state index contributed by atoms with van der Waals surface area (Å²) in [5.74, 6) is 0.144. The van der Waals surface area contributed by atoms with Crippen molar-refractivity contribution in [2.24, 2.45) is 0 Å². The van der Waals surface area contributed by atoms with Gasteiger partial charge in [0.2, 0.25) is 0 Å². The zero-order valence-corrected chi connectivity index (χ0v) is 37.8. The van der Waals surface area contributed by atoms with Gasteiger partial charge in [0.05, 0.1) is 20.9 Å². The molecule has 70 heavy (non-hydrogen) atoms. The fourth-order valence-corrected chi connectivity index (χ4v) is 10.1. The third-order valence-corrected chi connectivity index (χ3v) is 13.1. The van der Waals surface area contributed by atoms with E-state index in [1.54, 1.807) is 24.3 Å². The van der Waals surface area contributed by atoms with Crippen molar-refractivity contribution in [3.05, 3.63) is 244 Å². The molecule has 0 amide bonds.